The fourth-order valence-electron chi connectivity index (χ4n) is 2.37. The minimum absolute atomic E-state index is 0.0814. The number of aryl methyl sites for hydroxylation is 1. The summed E-state index contributed by atoms with van der Waals surface area (Å²) in [5.74, 6) is 1.31. The van der Waals surface area contributed by atoms with Gasteiger partial charge in [-0.1, -0.05) is 30.3 Å². The van der Waals surface area contributed by atoms with Gasteiger partial charge in [-0.15, -0.1) is 0 Å². The average molecular weight is 318 g/mol. The van der Waals surface area contributed by atoms with Crippen LogP contribution in [0.1, 0.15) is 12.5 Å². The Morgan fingerprint density at radius 2 is 1.83 bits per heavy atom. The lowest BCUT2D eigenvalue weighted by Gasteiger charge is -2.11. The molecule has 0 saturated carbocycles. The van der Waals surface area contributed by atoms with Gasteiger partial charge in [0.15, 0.2) is 5.82 Å². The van der Waals surface area contributed by atoms with Crippen molar-refractivity contribution in [1.82, 2.24) is 9.97 Å². The molecule has 0 aliphatic heterocycles. The lowest BCUT2D eigenvalue weighted by molar-refractivity contribution is -0.114. The Hall–Kier alpha value is -3.21. The molecule has 0 bridgehead atoms. The number of rotatable bonds is 4. The van der Waals surface area contributed by atoms with E-state index in [0.717, 1.165) is 28.3 Å². The molecular weight excluding hydrogens is 300 g/mol. The highest BCUT2D eigenvalue weighted by atomic mass is 16.1. The predicted molar refractivity (Wildman–Crippen MR) is 96.2 cm³/mol. The smallest absolute Gasteiger partial charge is 0.221 e. The zero-order valence-corrected chi connectivity index (χ0v) is 13.6. The second-order valence-electron chi connectivity index (χ2n) is 5.47. The van der Waals surface area contributed by atoms with Crippen molar-refractivity contribution in [3.63, 3.8) is 0 Å². The first-order valence-corrected chi connectivity index (χ1v) is 7.65. The van der Waals surface area contributed by atoms with E-state index in [0.29, 0.717) is 5.82 Å². The average Bonchev–Trinajstić information content (AvgIpc) is 2.58. The number of nitrogens with one attached hydrogen (secondary N) is 2. The maximum atomic E-state index is 11.2. The second-order valence-corrected chi connectivity index (χ2v) is 5.47. The van der Waals surface area contributed by atoms with Crippen LogP contribution in [0.15, 0.2) is 60.8 Å². The molecule has 0 fully saturated rings. The molecule has 24 heavy (non-hydrogen) atoms. The molecule has 3 rings (SSSR count). The molecule has 120 valence electrons. The Morgan fingerprint density at radius 1 is 1.04 bits per heavy atom. The number of amides is 1. The molecule has 3 aromatic rings. The summed E-state index contributed by atoms with van der Waals surface area (Å²) in [7, 11) is 0. The van der Waals surface area contributed by atoms with Crippen molar-refractivity contribution in [3.8, 4) is 11.4 Å². The van der Waals surface area contributed by atoms with E-state index in [2.05, 4.69) is 20.6 Å². The summed E-state index contributed by atoms with van der Waals surface area (Å²) >= 11 is 0. The van der Waals surface area contributed by atoms with E-state index in [4.69, 9.17) is 0 Å². The molecule has 2 N–H and O–H groups in total. The molecule has 0 aliphatic carbocycles. The van der Waals surface area contributed by atoms with E-state index in [1.807, 2.05) is 61.5 Å². The van der Waals surface area contributed by atoms with E-state index in [1.165, 1.54) is 6.92 Å². The van der Waals surface area contributed by atoms with Gasteiger partial charge in [-0.2, -0.15) is 0 Å². The van der Waals surface area contributed by atoms with Crippen molar-refractivity contribution < 1.29 is 4.79 Å². The third kappa shape index (κ3) is 3.76. The summed E-state index contributed by atoms with van der Waals surface area (Å²) in [6.45, 7) is 3.45. The monoisotopic (exact) mass is 318 g/mol. The van der Waals surface area contributed by atoms with Gasteiger partial charge in [0.1, 0.15) is 5.82 Å². The molecule has 0 atom stereocenters. The van der Waals surface area contributed by atoms with Gasteiger partial charge < -0.3 is 10.6 Å². The molecule has 1 aromatic heterocycles. The maximum absolute atomic E-state index is 11.2. The van der Waals surface area contributed by atoms with Crippen molar-refractivity contribution in [3.05, 3.63) is 66.4 Å². The first-order valence-electron chi connectivity index (χ1n) is 7.65. The Balaban J connectivity index is 1.82. The molecular formula is C19H18N4O. The van der Waals surface area contributed by atoms with Crippen LogP contribution in [0.5, 0.6) is 0 Å². The van der Waals surface area contributed by atoms with Crippen LogP contribution in [-0.2, 0) is 4.79 Å². The third-order valence-corrected chi connectivity index (χ3v) is 3.50. The summed E-state index contributed by atoms with van der Waals surface area (Å²) in [5, 5.41) is 6.07. The Kier molecular flexibility index (Phi) is 4.52. The van der Waals surface area contributed by atoms with Crippen LogP contribution in [0, 0.1) is 6.92 Å². The number of benzene rings is 2. The highest BCUT2D eigenvalue weighted by Gasteiger charge is 2.05. The first kappa shape index (κ1) is 15.7. The van der Waals surface area contributed by atoms with Crippen molar-refractivity contribution in [2.75, 3.05) is 10.6 Å². The molecule has 1 heterocycles. The van der Waals surface area contributed by atoms with Crippen LogP contribution in [0.25, 0.3) is 11.4 Å². The lowest BCUT2D eigenvalue weighted by Crippen LogP contribution is -2.07. The van der Waals surface area contributed by atoms with Gasteiger partial charge in [0.25, 0.3) is 0 Å². The Morgan fingerprint density at radius 3 is 2.54 bits per heavy atom. The number of anilines is 3. The molecule has 5 nitrogen and oxygen atoms in total. The number of hydrogen-bond acceptors (Lipinski definition) is 4. The highest BCUT2D eigenvalue weighted by molar-refractivity contribution is 5.89. The van der Waals surface area contributed by atoms with Gasteiger partial charge >= 0.3 is 0 Å². The van der Waals surface area contributed by atoms with Gasteiger partial charge in [0.05, 0.1) is 0 Å². The largest absolute Gasteiger partial charge is 0.340 e. The minimum atomic E-state index is -0.0814. The predicted octanol–water partition coefficient (Wildman–Crippen LogP) is 4.15. The van der Waals surface area contributed by atoms with Gasteiger partial charge in [0, 0.05) is 30.1 Å². The quantitative estimate of drug-likeness (QED) is 0.758. The number of carbonyl (C=O) groups is 1. The summed E-state index contributed by atoms with van der Waals surface area (Å²) in [6, 6.07) is 17.4. The topological polar surface area (TPSA) is 66.9 Å². The zero-order chi connectivity index (χ0) is 16.9. The molecule has 0 spiro atoms. The SMILES string of the molecule is CC(=O)Nc1ccc(Nc2ccnc(-c3ccccc3)n2)cc1C. The summed E-state index contributed by atoms with van der Waals surface area (Å²) in [4.78, 5) is 20.0. The number of aromatic nitrogens is 2. The van der Waals surface area contributed by atoms with Crippen molar-refractivity contribution in [1.29, 1.82) is 0 Å². The van der Waals surface area contributed by atoms with Crippen LogP contribution < -0.4 is 10.6 Å². The Labute approximate surface area is 140 Å². The van der Waals surface area contributed by atoms with Crippen LogP contribution in [0.3, 0.4) is 0 Å². The lowest BCUT2D eigenvalue weighted by atomic mass is 10.1. The Bertz CT molecular complexity index is 862. The first-order chi connectivity index (χ1) is 11.6. The van der Waals surface area contributed by atoms with Crippen LogP contribution >= 0.6 is 0 Å². The highest BCUT2D eigenvalue weighted by Crippen LogP contribution is 2.23. The third-order valence-electron chi connectivity index (χ3n) is 3.50. The molecule has 0 unspecified atom stereocenters. The minimum Gasteiger partial charge on any atom is -0.340 e. The van der Waals surface area contributed by atoms with Crippen molar-refractivity contribution in [2.24, 2.45) is 0 Å². The van der Waals surface area contributed by atoms with Crippen LogP contribution in [-0.4, -0.2) is 15.9 Å². The summed E-state index contributed by atoms with van der Waals surface area (Å²) in [5.41, 5.74) is 3.66. The van der Waals surface area contributed by atoms with E-state index in [-0.39, 0.29) is 5.91 Å². The standard InChI is InChI=1S/C19H18N4O/c1-13-12-16(8-9-17(13)21-14(2)24)22-18-10-11-20-19(23-18)15-6-4-3-5-7-15/h3-12H,1-2H3,(H,21,24)(H,20,22,23). The molecule has 1 amide bonds. The molecule has 0 radical (unpaired) electrons. The van der Waals surface area contributed by atoms with Crippen LogP contribution in [0.2, 0.25) is 0 Å². The summed E-state index contributed by atoms with van der Waals surface area (Å²) < 4.78 is 0. The maximum Gasteiger partial charge on any atom is 0.221 e. The van der Waals surface area contributed by atoms with Gasteiger partial charge in [0.2, 0.25) is 5.91 Å². The van der Waals surface area contributed by atoms with Crippen LogP contribution in [0.4, 0.5) is 17.2 Å². The number of nitrogens with zero attached hydrogens (tertiary/aromatic N) is 2. The fourth-order valence-corrected chi connectivity index (χ4v) is 2.37. The van der Waals surface area contributed by atoms with Gasteiger partial charge in [-0.25, -0.2) is 9.97 Å². The van der Waals surface area contributed by atoms with Gasteiger partial charge in [-0.3, -0.25) is 4.79 Å². The molecule has 2 aromatic carbocycles. The van der Waals surface area contributed by atoms with E-state index in [1.54, 1.807) is 6.20 Å². The molecule has 5 heteroatoms. The summed E-state index contributed by atoms with van der Waals surface area (Å²) in [6.07, 6.45) is 1.73. The molecule has 0 saturated heterocycles. The van der Waals surface area contributed by atoms with E-state index in [9.17, 15) is 4.79 Å². The van der Waals surface area contributed by atoms with Gasteiger partial charge in [-0.05, 0) is 36.8 Å². The number of carbonyl (C=O) groups excluding carboxylic acids is 1. The molecule has 0 aliphatic rings. The van der Waals surface area contributed by atoms with E-state index < -0.39 is 0 Å². The van der Waals surface area contributed by atoms with Crippen molar-refractivity contribution >= 4 is 23.1 Å². The fraction of sp³-hybridized carbons (Fsp3) is 0.105. The zero-order valence-electron chi connectivity index (χ0n) is 13.6. The van der Waals surface area contributed by atoms with Crippen molar-refractivity contribution in [2.45, 2.75) is 13.8 Å². The number of hydrogen-bond donors (Lipinski definition) is 2. The second kappa shape index (κ2) is 6.91. The van der Waals surface area contributed by atoms with E-state index >= 15 is 0 Å². The normalized spacial score (nSPS) is 10.2.